The zero-order valence-electron chi connectivity index (χ0n) is 17.4. The topological polar surface area (TPSA) is 36.9 Å². The molecule has 3 aromatic carbocycles. The summed E-state index contributed by atoms with van der Waals surface area (Å²) in [4.78, 5) is 0. The van der Waals surface area contributed by atoms with Crippen molar-refractivity contribution in [2.75, 3.05) is 6.61 Å². The molecule has 0 radical (unpaired) electrons. The van der Waals surface area contributed by atoms with Gasteiger partial charge in [0.05, 0.1) is 26.4 Å². The van der Waals surface area contributed by atoms with E-state index in [1.165, 1.54) is 0 Å². The van der Waals surface area contributed by atoms with Gasteiger partial charge in [-0.05, 0) is 16.7 Å². The minimum absolute atomic E-state index is 0.256. The van der Waals surface area contributed by atoms with Gasteiger partial charge in [0.2, 0.25) is 0 Å². The maximum atomic E-state index is 6.36. The van der Waals surface area contributed by atoms with Gasteiger partial charge in [-0.15, -0.1) is 12.6 Å². The summed E-state index contributed by atoms with van der Waals surface area (Å²) in [6, 6.07) is 30.3. The van der Waals surface area contributed by atoms with Crippen LogP contribution >= 0.6 is 12.6 Å². The molecule has 0 saturated carbocycles. The molecule has 1 aliphatic rings. The molecular weight excluding hydrogens is 408 g/mol. The molecule has 5 heteroatoms. The van der Waals surface area contributed by atoms with E-state index in [-0.39, 0.29) is 23.7 Å². The van der Waals surface area contributed by atoms with E-state index >= 15 is 0 Å². The molecule has 0 N–H and O–H groups in total. The van der Waals surface area contributed by atoms with E-state index in [0.29, 0.717) is 26.4 Å². The molecule has 0 bridgehead atoms. The summed E-state index contributed by atoms with van der Waals surface area (Å²) in [5, 5.41) is 0. The molecule has 31 heavy (non-hydrogen) atoms. The third-order valence-corrected chi connectivity index (χ3v) is 5.72. The molecule has 3 aromatic rings. The van der Waals surface area contributed by atoms with Gasteiger partial charge in [-0.2, -0.15) is 0 Å². The van der Waals surface area contributed by atoms with Gasteiger partial charge in [0, 0.05) is 0 Å². The summed E-state index contributed by atoms with van der Waals surface area (Å²) in [7, 11) is 0. The van der Waals surface area contributed by atoms with Crippen molar-refractivity contribution in [3.05, 3.63) is 108 Å². The number of hydrogen-bond acceptors (Lipinski definition) is 5. The minimum atomic E-state index is -0.388. The normalized spacial score (nSPS) is 23.5. The maximum Gasteiger partial charge on any atom is 0.129 e. The SMILES string of the molecule is SC1OC[C@H](OCc2ccccc2)[C@H](OCc2ccccc2)[C@@H]1OCc1ccccc1. The van der Waals surface area contributed by atoms with Crippen molar-refractivity contribution < 1.29 is 18.9 Å². The fourth-order valence-electron chi connectivity index (χ4n) is 3.59. The van der Waals surface area contributed by atoms with Gasteiger partial charge < -0.3 is 18.9 Å². The van der Waals surface area contributed by atoms with Crippen molar-refractivity contribution in [2.24, 2.45) is 0 Å². The number of benzene rings is 3. The molecular formula is C26H28O4S. The van der Waals surface area contributed by atoms with Crippen LogP contribution in [0.15, 0.2) is 91.0 Å². The lowest BCUT2D eigenvalue weighted by Crippen LogP contribution is -2.54. The van der Waals surface area contributed by atoms with Gasteiger partial charge >= 0.3 is 0 Å². The lowest BCUT2D eigenvalue weighted by Gasteiger charge is -2.40. The number of hydrogen-bond donors (Lipinski definition) is 1. The standard InChI is InChI=1S/C26H28O4S/c31-26-25(29-18-22-14-8-3-9-15-22)24(28-17-21-12-6-2-7-13-21)23(19-30-26)27-16-20-10-4-1-5-11-20/h1-15,23-26,31H,16-19H2/t23-,24-,25-,26?/m0/s1. The third kappa shape index (κ3) is 6.42. The van der Waals surface area contributed by atoms with E-state index in [2.05, 4.69) is 24.8 Å². The summed E-state index contributed by atoms with van der Waals surface area (Å²) >= 11 is 4.64. The first-order valence-electron chi connectivity index (χ1n) is 10.6. The monoisotopic (exact) mass is 436 g/mol. The van der Waals surface area contributed by atoms with Gasteiger partial charge in [0.25, 0.3) is 0 Å². The molecule has 4 rings (SSSR count). The fraction of sp³-hybridized carbons (Fsp3) is 0.308. The highest BCUT2D eigenvalue weighted by Crippen LogP contribution is 2.28. The Labute approximate surface area is 189 Å². The molecule has 162 valence electrons. The maximum absolute atomic E-state index is 6.36. The Morgan fingerprint density at radius 3 is 1.52 bits per heavy atom. The summed E-state index contributed by atoms with van der Waals surface area (Å²) < 4.78 is 24.8. The minimum Gasteiger partial charge on any atom is -0.368 e. The first-order valence-corrected chi connectivity index (χ1v) is 11.1. The van der Waals surface area contributed by atoms with E-state index in [1.807, 2.05) is 78.9 Å². The first-order chi connectivity index (χ1) is 15.3. The lowest BCUT2D eigenvalue weighted by atomic mass is 10.0. The second-order valence-electron chi connectivity index (χ2n) is 7.58. The lowest BCUT2D eigenvalue weighted by molar-refractivity contribution is -0.219. The summed E-state index contributed by atoms with van der Waals surface area (Å²) in [5.41, 5.74) is 2.92. The highest BCUT2D eigenvalue weighted by molar-refractivity contribution is 7.80. The summed E-state index contributed by atoms with van der Waals surface area (Å²) in [6.07, 6.45) is -0.918. The van der Waals surface area contributed by atoms with Crippen LogP contribution < -0.4 is 0 Å². The second kappa shape index (κ2) is 11.5. The Morgan fingerprint density at radius 2 is 1.03 bits per heavy atom. The van der Waals surface area contributed by atoms with E-state index < -0.39 is 0 Å². The predicted octanol–water partition coefficient (Wildman–Crippen LogP) is 5.03. The Kier molecular flexibility index (Phi) is 8.16. The highest BCUT2D eigenvalue weighted by Gasteiger charge is 2.41. The summed E-state index contributed by atoms with van der Waals surface area (Å²) in [5.74, 6) is 0. The van der Waals surface area contributed by atoms with Gasteiger partial charge in [-0.25, -0.2) is 0 Å². The van der Waals surface area contributed by atoms with E-state index in [4.69, 9.17) is 18.9 Å². The van der Waals surface area contributed by atoms with Gasteiger partial charge in [0.1, 0.15) is 23.7 Å². The van der Waals surface area contributed by atoms with Crippen LogP contribution in [0.3, 0.4) is 0 Å². The van der Waals surface area contributed by atoms with Gasteiger partial charge in [-0.3, -0.25) is 0 Å². The van der Waals surface area contributed by atoms with Crippen molar-refractivity contribution in [3.63, 3.8) is 0 Å². The average Bonchev–Trinajstić information content (AvgIpc) is 2.83. The third-order valence-electron chi connectivity index (χ3n) is 5.28. The van der Waals surface area contributed by atoms with E-state index in [0.717, 1.165) is 16.7 Å². The molecule has 0 spiro atoms. The number of ether oxygens (including phenoxy) is 4. The molecule has 1 heterocycles. The predicted molar refractivity (Wildman–Crippen MR) is 124 cm³/mol. The molecule has 0 aliphatic carbocycles. The van der Waals surface area contributed by atoms with Crippen LogP contribution in [0.5, 0.6) is 0 Å². The molecule has 1 fully saturated rings. The molecule has 1 saturated heterocycles. The zero-order valence-corrected chi connectivity index (χ0v) is 18.3. The van der Waals surface area contributed by atoms with Crippen LogP contribution in [-0.4, -0.2) is 30.4 Å². The number of rotatable bonds is 9. The molecule has 4 atom stereocenters. The highest BCUT2D eigenvalue weighted by atomic mass is 32.1. The molecule has 0 amide bonds. The van der Waals surface area contributed by atoms with E-state index in [1.54, 1.807) is 0 Å². The van der Waals surface area contributed by atoms with Crippen LogP contribution in [0.4, 0.5) is 0 Å². The molecule has 1 unspecified atom stereocenters. The van der Waals surface area contributed by atoms with Crippen molar-refractivity contribution in [3.8, 4) is 0 Å². The van der Waals surface area contributed by atoms with Gasteiger partial charge in [0.15, 0.2) is 0 Å². The van der Waals surface area contributed by atoms with Gasteiger partial charge in [-0.1, -0.05) is 91.0 Å². The van der Waals surface area contributed by atoms with Crippen LogP contribution in [0, 0.1) is 0 Å². The Morgan fingerprint density at radius 1 is 0.613 bits per heavy atom. The van der Waals surface area contributed by atoms with Crippen molar-refractivity contribution in [2.45, 2.75) is 43.6 Å². The number of thiol groups is 1. The van der Waals surface area contributed by atoms with Crippen LogP contribution in [0.2, 0.25) is 0 Å². The molecule has 4 nitrogen and oxygen atoms in total. The summed E-state index contributed by atoms with van der Waals surface area (Å²) in [6.45, 7) is 1.83. The smallest absolute Gasteiger partial charge is 0.129 e. The second-order valence-corrected chi connectivity index (χ2v) is 8.09. The Balaban J connectivity index is 1.46. The quantitative estimate of drug-likeness (QED) is 0.478. The van der Waals surface area contributed by atoms with Crippen LogP contribution in [-0.2, 0) is 38.8 Å². The molecule has 0 aromatic heterocycles. The largest absolute Gasteiger partial charge is 0.368 e. The fourth-order valence-corrected chi connectivity index (χ4v) is 3.93. The van der Waals surface area contributed by atoms with Crippen molar-refractivity contribution >= 4 is 12.6 Å². The van der Waals surface area contributed by atoms with Crippen LogP contribution in [0.1, 0.15) is 16.7 Å². The Hall–Kier alpha value is -2.15. The van der Waals surface area contributed by atoms with E-state index in [9.17, 15) is 0 Å². The molecule has 1 aliphatic heterocycles. The van der Waals surface area contributed by atoms with Crippen LogP contribution in [0.25, 0.3) is 0 Å². The average molecular weight is 437 g/mol. The zero-order chi connectivity index (χ0) is 21.3. The Bertz CT molecular complexity index is 891. The van der Waals surface area contributed by atoms with Crippen molar-refractivity contribution in [1.82, 2.24) is 0 Å². The van der Waals surface area contributed by atoms with Crippen molar-refractivity contribution in [1.29, 1.82) is 0 Å². The first kappa shape index (κ1) is 22.1.